The summed E-state index contributed by atoms with van der Waals surface area (Å²) in [5, 5.41) is 13.7. The van der Waals surface area contributed by atoms with Crippen LogP contribution < -0.4 is 11.1 Å². The number of carbonyl (C=O) groups is 1. The monoisotopic (exact) mass is 305 g/mol. The molecule has 1 aromatic heterocycles. The fourth-order valence-electron chi connectivity index (χ4n) is 2.82. The third-order valence-electron chi connectivity index (χ3n) is 4.03. The van der Waals surface area contributed by atoms with Crippen molar-refractivity contribution in [1.29, 1.82) is 0 Å². The molecule has 1 aliphatic carbocycles. The zero-order valence-electron chi connectivity index (χ0n) is 11.8. The van der Waals surface area contributed by atoms with Gasteiger partial charge >= 0.3 is 0 Å². The Labute approximate surface area is 127 Å². The molecule has 1 fully saturated rings. The van der Waals surface area contributed by atoms with Crippen LogP contribution in [-0.2, 0) is 0 Å². The van der Waals surface area contributed by atoms with E-state index in [0.29, 0.717) is 17.2 Å². The Morgan fingerprint density at radius 3 is 2.90 bits per heavy atom. The number of aromatic nitrogens is 1. The number of nitrogens with one attached hydrogen (secondary N) is 1. The number of thiazole rings is 1. The van der Waals surface area contributed by atoms with Crippen molar-refractivity contribution in [3.05, 3.63) is 23.8 Å². The number of aliphatic hydroxyl groups is 1. The minimum atomic E-state index is -0.743. The van der Waals surface area contributed by atoms with Crippen molar-refractivity contribution in [2.24, 2.45) is 0 Å². The van der Waals surface area contributed by atoms with Gasteiger partial charge in [-0.1, -0.05) is 30.6 Å². The Balaban J connectivity index is 1.68. The van der Waals surface area contributed by atoms with E-state index in [-0.39, 0.29) is 5.91 Å². The number of nitrogens with zero attached hydrogens (tertiary/aromatic N) is 1. The van der Waals surface area contributed by atoms with Gasteiger partial charge in [-0.25, -0.2) is 4.98 Å². The summed E-state index contributed by atoms with van der Waals surface area (Å²) in [6, 6.07) is 5.33. The van der Waals surface area contributed by atoms with Gasteiger partial charge in [-0.3, -0.25) is 4.79 Å². The molecule has 1 aliphatic rings. The van der Waals surface area contributed by atoms with Gasteiger partial charge in [0.2, 0.25) is 0 Å². The van der Waals surface area contributed by atoms with Crippen LogP contribution in [0.25, 0.3) is 10.2 Å². The second kappa shape index (κ2) is 5.61. The molecule has 0 aliphatic heterocycles. The summed E-state index contributed by atoms with van der Waals surface area (Å²) in [6.45, 7) is 0.314. The number of amides is 1. The van der Waals surface area contributed by atoms with Crippen molar-refractivity contribution < 1.29 is 9.90 Å². The van der Waals surface area contributed by atoms with Crippen LogP contribution in [0, 0.1) is 0 Å². The Hall–Kier alpha value is -1.66. The zero-order valence-corrected chi connectivity index (χ0v) is 12.6. The normalized spacial score (nSPS) is 17.8. The van der Waals surface area contributed by atoms with Gasteiger partial charge < -0.3 is 16.2 Å². The molecule has 6 heteroatoms. The van der Waals surface area contributed by atoms with Gasteiger partial charge in [0, 0.05) is 12.1 Å². The number of benzene rings is 1. The third-order valence-corrected chi connectivity index (χ3v) is 4.88. The van der Waals surface area contributed by atoms with E-state index in [0.717, 1.165) is 35.9 Å². The number of hydrogen-bond acceptors (Lipinski definition) is 5. The fourth-order valence-corrected chi connectivity index (χ4v) is 3.59. The van der Waals surface area contributed by atoms with Crippen LogP contribution >= 0.6 is 11.3 Å². The van der Waals surface area contributed by atoms with E-state index in [9.17, 15) is 9.90 Å². The molecule has 0 spiro atoms. The first kappa shape index (κ1) is 14.3. The summed E-state index contributed by atoms with van der Waals surface area (Å²) in [5.74, 6) is -0.164. The van der Waals surface area contributed by atoms with E-state index < -0.39 is 5.60 Å². The molecule has 0 unspecified atom stereocenters. The van der Waals surface area contributed by atoms with Crippen LogP contribution in [0.5, 0.6) is 0 Å². The first-order valence-electron chi connectivity index (χ1n) is 7.22. The molecule has 112 valence electrons. The minimum absolute atomic E-state index is 0.164. The van der Waals surface area contributed by atoms with Crippen molar-refractivity contribution in [1.82, 2.24) is 10.3 Å². The van der Waals surface area contributed by atoms with Crippen LogP contribution in [0.1, 0.15) is 42.5 Å². The standard InChI is InChI=1S/C15H19N3O2S/c16-14-18-11-5-4-10(8-12(11)21-14)13(19)17-9-15(20)6-2-1-3-7-15/h4-5,8,20H,1-3,6-7,9H2,(H2,16,18)(H,17,19). The van der Waals surface area contributed by atoms with Crippen LogP contribution in [0.2, 0.25) is 0 Å². The molecular formula is C15H19N3O2S. The van der Waals surface area contributed by atoms with E-state index in [4.69, 9.17) is 5.73 Å². The van der Waals surface area contributed by atoms with E-state index in [1.807, 2.05) is 0 Å². The maximum Gasteiger partial charge on any atom is 0.251 e. The van der Waals surface area contributed by atoms with Gasteiger partial charge in [-0.15, -0.1) is 0 Å². The Bertz CT molecular complexity index is 662. The molecule has 0 saturated heterocycles. The first-order chi connectivity index (χ1) is 10.1. The molecule has 4 N–H and O–H groups in total. The van der Waals surface area contributed by atoms with Crippen LogP contribution in [-0.4, -0.2) is 28.1 Å². The molecule has 1 amide bonds. The van der Waals surface area contributed by atoms with Crippen molar-refractivity contribution in [3.8, 4) is 0 Å². The highest BCUT2D eigenvalue weighted by molar-refractivity contribution is 7.22. The summed E-state index contributed by atoms with van der Waals surface area (Å²) in [5.41, 5.74) is 6.30. The summed E-state index contributed by atoms with van der Waals surface area (Å²) in [6.07, 6.45) is 4.74. The summed E-state index contributed by atoms with van der Waals surface area (Å²) >= 11 is 1.37. The zero-order chi connectivity index (χ0) is 14.9. The Morgan fingerprint density at radius 1 is 1.38 bits per heavy atom. The average molecular weight is 305 g/mol. The lowest BCUT2D eigenvalue weighted by Crippen LogP contribution is -2.44. The molecule has 1 saturated carbocycles. The maximum atomic E-state index is 12.2. The van der Waals surface area contributed by atoms with Crippen molar-refractivity contribution >= 4 is 32.6 Å². The van der Waals surface area contributed by atoms with Gasteiger partial charge in [0.25, 0.3) is 5.91 Å². The Morgan fingerprint density at radius 2 is 2.14 bits per heavy atom. The number of hydrogen-bond donors (Lipinski definition) is 3. The van der Waals surface area contributed by atoms with Gasteiger partial charge in [-0.05, 0) is 31.0 Å². The molecule has 3 rings (SSSR count). The number of rotatable bonds is 3. The van der Waals surface area contributed by atoms with Crippen molar-refractivity contribution in [2.75, 3.05) is 12.3 Å². The summed E-state index contributed by atoms with van der Waals surface area (Å²) < 4.78 is 0.900. The molecule has 5 nitrogen and oxygen atoms in total. The van der Waals surface area contributed by atoms with Crippen molar-refractivity contribution in [3.63, 3.8) is 0 Å². The van der Waals surface area contributed by atoms with Crippen LogP contribution in [0.15, 0.2) is 18.2 Å². The quantitative estimate of drug-likeness (QED) is 0.812. The lowest BCUT2D eigenvalue weighted by molar-refractivity contribution is 0.00526. The predicted molar refractivity (Wildman–Crippen MR) is 84.4 cm³/mol. The number of nitrogen functional groups attached to an aromatic ring is 1. The highest BCUT2D eigenvalue weighted by Gasteiger charge is 2.29. The molecule has 2 aromatic rings. The van der Waals surface area contributed by atoms with E-state index in [1.54, 1.807) is 18.2 Å². The highest BCUT2D eigenvalue weighted by atomic mass is 32.1. The fraction of sp³-hybridized carbons (Fsp3) is 0.467. The number of nitrogens with two attached hydrogens (primary N) is 1. The SMILES string of the molecule is Nc1nc2ccc(C(=O)NCC3(O)CCCCC3)cc2s1. The second-order valence-electron chi connectivity index (χ2n) is 5.70. The minimum Gasteiger partial charge on any atom is -0.388 e. The molecule has 0 radical (unpaired) electrons. The molecular weight excluding hydrogens is 286 g/mol. The number of fused-ring (bicyclic) bond motifs is 1. The lowest BCUT2D eigenvalue weighted by Gasteiger charge is -2.32. The van der Waals surface area contributed by atoms with Gasteiger partial charge in [0.1, 0.15) is 0 Å². The number of anilines is 1. The van der Waals surface area contributed by atoms with Gasteiger partial charge in [-0.2, -0.15) is 0 Å². The first-order valence-corrected chi connectivity index (χ1v) is 8.04. The third kappa shape index (κ3) is 3.16. The largest absolute Gasteiger partial charge is 0.388 e. The molecule has 0 atom stereocenters. The highest BCUT2D eigenvalue weighted by Crippen LogP contribution is 2.28. The molecule has 1 aromatic carbocycles. The summed E-state index contributed by atoms with van der Waals surface area (Å²) in [4.78, 5) is 16.4. The smallest absolute Gasteiger partial charge is 0.251 e. The Kier molecular flexibility index (Phi) is 3.82. The van der Waals surface area contributed by atoms with Gasteiger partial charge in [0.15, 0.2) is 5.13 Å². The topological polar surface area (TPSA) is 88.2 Å². The van der Waals surface area contributed by atoms with Crippen LogP contribution in [0.3, 0.4) is 0 Å². The number of carbonyl (C=O) groups excluding carboxylic acids is 1. The van der Waals surface area contributed by atoms with E-state index >= 15 is 0 Å². The second-order valence-corrected chi connectivity index (χ2v) is 6.76. The molecule has 21 heavy (non-hydrogen) atoms. The van der Waals surface area contributed by atoms with Crippen LogP contribution in [0.4, 0.5) is 5.13 Å². The average Bonchev–Trinajstić information content (AvgIpc) is 2.84. The lowest BCUT2D eigenvalue weighted by atomic mass is 9.85. The molecule has 0 bridgehead atoms. The predicted octanol–water partition coefficient (Wildman–Crippen LogP) is 2.30. The van der Waals surface area contributed by atoms with E-state index in [1.165, 1.54) is 17.8 Å². The van der Waals surface area contributed by atoms with Crippen molar-refractivity contribution in [2.45, 2.75) is 37.7 Å². The van der Waals surface area contributed by atoms with E-state index in [2.05, 4.69) is 10.3 Å². The van der Waals surface area contributed by atoms with Gasteiger partial charge in [0.05, 0.1) is 15.8 Å². The molecule has 1 heterocycles. The summed E-state index contributed by atoms with van der Waals surface area (Å²) in [7, 11) is 0. The maximum absolute atomic E-state index is 12.2.